The van der Waals surface area contributed by atoms with Crippen molar-refractivity contribution in [3.8, 4) is 11.4 Å². The van der Waals surface area contributed by atoms with Gasteiger partial charge in [-0.15, -0.1) is 11.3 Å². The summed E-state index contributed by atoms with van der Waals surface area (Å²) in [7, 11) is -2.93. The number of hydrogen-bond donors (Lipinski definition) is 3. The van der Waals surface area contributed by atoms with E-state index in [1.165, 1.54) is 49.6 Å². The van der Waals surface area contributed by atoms with Crippen LogP contribution >= 0.6 is 22.9 Å². The quantitative estimate of drug-likeness (QED) is 0.237. The summed E-state index contributed by atoms with van der Waals surface area (Å²) in [4.78, 5) is 41.8. The number of anilines is 1. The first-order valence-electron chi connectivity index (χ1n) is 11.8. The summed E-state index contributed by atoms with van der Waals surface area (Å²) in [6.45, 7) is 0.398. The fourth-order valence-corrected chi connectivity index (χ4v) is 6.49. The molecule has 0 fully saturated rings. The zero-order valence-corrected chi connectivity index (χ0v) is 23.5. The molecule has 0 saturated carbocycles. The molecule has 1 amide bonds. The third kappa shape index (κ3) is 5.87. The van der Waals surface area contributed by atoms with E-state index in [1.54, 1.807) is 30.3 Å². The van der Waals surface area contributed by atoms with Crippen LogP contribution in [-0.2, 0) is 16.6 Å². The highest BCUT2D eigenvalue weighted by Gasteiger charge is 2.23. The standard InChI is InChI=1S/C27H20ClFN4O6S2/c1-39-22-13-18(7-9-20(22)25(34)32-41(37,38)24-11-10-23(28)40-24)33-26(35)19-8-6-17(12-21(19)31-27(33)36)30-14-15-2-4-16(29)5-3-15/h2-13,30H,14H2,1H3,(H,31,36)(H,32,34). The lowest BCUT2D eigenvalue weighted by molar-refractivity contribution is 0.0978. The average Bonchev–Trinajstić information content (AvgIpc) is 3.39. The number of rotatable bonds is 8. The van der Waals surface area contributed by atoms with E-state index in [0.29, 0.717) is 17.7 Å². The van der Waals surface area contributed by atoms with Gasteiger partial charge in [-0.1, -0.05) is 23.7 Å². The van der Waals surface area contributed by atoms with Gasteiger partial charge in [-0.05, 0) is 60.2 Å². The van der Waals surface area contributed by atoms with Gasteiger partial charge in [0.2, 0.25) is 0 Å². The number of ether oxygens (including phenoxy) is 1. The first-order valence-corrected chi connectivity index (χ1v) is 14.5. The summed E-state index contributed by atoms with van der Waals surface area (Å²) in [6, 6.07) is 17.4. The number of carbonyl (C=O) groups excluding carboxylic acids is 1. The molecule has 2 aromatic heterocycles. The number of carbonyl (C=O) groups is 1. The molecule has 14 heteroatoms. The van der Waals surface area contributed by atoms with Crippen LogP contribution in [0.25, 0.3) is 16.6 Å². The molecule has 0 aliphatic heterocycles. The van der Waals surface area contributed by atoms with Crippen molar-refractivity contribution in [1.82, 2.24) is 14.3 Å². The number of H-pyrrole nitrogens is 1. The molecule has 5 aromatic rings. The first-order chi connectivity index (χ1) is 19.6. The highest BCUT2D eigenvalue weighted by molar-refractivity contribution is 7.92. The summed E-state index contributed by atoms with van der Waals surface area (Å²) < 4.78 is 46.4. The van der Waals surface area contributed by atoms with Gasteiger partial charge in [0.1, 0.15) is 15.8 Å². The lowest BCUT2D eigenvalue weighted by atomic mass is 10.1. The Morgan fingerprint density at radius 2 is 1.80 bits per heavy atom. The van der Waals surface area contributed by atoms with Crippen molar-refractivity contribution in [2.45, 2.75) is 10.8 Å². The van der Waals surface area contributed by atoms with Crippen molar-refractivity contribution in [2.75, 3.05) is 12.4 Å². The number of benzene rings is 3. The highest BCUT2D eigenvalue weighted by atomic mass is 35.5. The molecule has 0 spiro atoms. The maximum Gasteiger partial charge on any atom is 0.333 e. The van der Waals surface area contributed by atoms with Crippen LogP contribution in [0.3, 0.4) is 0 Å². The minimum absolute atomic E-state index is 0.0637. The number of amides is 1. The average molecular weight is 615 g/mol. The second kappa shape index (κ2) is 11.2. The number of nitrogens with zero attached hydrogens (tertiary/aromatic N) is 1. The molecule has 5 rings (SSSR count). The van der Waals surface area contributed by atoms with Crippen LogP contribution in [0.4, 0.5) is 10.1 Å². The number of aromatic nitrogens is 2. The molecule has 3 N–H and O–H groups in total. The van der Waals surface area contributed by atoms with E-state index in [1.807, 2.05) is 4.72 Å². The number of sulfonamides is 1. The van der Waals surface area contributed by atoms with Gasteiger partial charge in [-0.2, -0.15) is 0 Å². The Balaban J connectivity index is 1.43. The molecule has 0 bridgehead atoms. The highest BCUT2D eigenvalue weighted by Crippen LogP contribution is 2.27. The third-order valence-corrected chi connectivity index (χ3v) is 9.09. The van der Waals surface area contributed by atoms with E-state index in [0.717, 1.165) is 21.5 Å². The molecular formula is C27H20ClFN4O6S2. The lowest BCUT2D eigenvalue weighted by Gasteiger charge is -2.13. The monoisotopic (exact) mass is 614 g/mol. The van der Waals surface area contributed by atoms with Crippen molar-refractivity contribution in [3.63, 3.8) is 0 Å². The van der Waals surface area contributed by atoms with Crippen LogP contribution in [0.15, 0.2) is 86.6 Å². The van der Waals surface area contributed by atoms with E-state index in [-0.39, 0.29) is 36.7 Å². The molecule has 10 nitrogen and oxygen atoms in total. The van der Waals surface area contributed by atoms with Crippen molar-refractivity contribution in [1.29, 1.82) is 0 Å². The molecule has 0 unspecified atom stereocenters. The Morgan fingerprint density at radius 1 is 1.05 bits per heavy atom. The molecule has 3 aromatic carbocycles. The zero-order valence-electron chi connectivity index (χ0n) is 21.1. The largest absolute Gasteiger partial charge is 0.496 e. The SMILES string of the molecule is COc1cc(-n2c(=O)[nH]c3cc(NCc4ccc(F)cc4)ccc3c2=O)ccc1C(=O)NS(=O)(=O)c1ccc(Cl)s1. The Bertz CT molecular complexity index is 2020. The Hall–Kier alpha value is -4.46. The van der Waals surface area contributed by atoms with Gasteiger partial charge in [-0.25, -0.2) is 26.9 Å². The molecule has 0 atom stereocenters. The van der Waals surface area contributed by atoms with Gasteiger partial charge in [-0.3, -0.25) is 9.59 Å². The molecule has 2 heterocycles. The number of thiophene rings is 1. The number of aromatic amines is 1. The maximum absolute atomic E-state index is 13.3. The number of hydrogen-bond acceptors (Lipinski definition) is 8. The summed E-state index contributed by atoms with van der Waals surface area (Å²) in [6.07, 6.45) is 0. The molecule has 41 heavy (non-hydrogen) atoms. The van der Waals surface area contributed by atoms with Gasteiger partial charge in [0.05, 0.1) is 33.6 Å². The van der Waals surface area contributed by atoms with Gasteiger partial charge < -0.3 is 15.0 Å². The van der Waals surface area contributed by atoms with Crippen LogP contribution in [0, 0.1) is 5.82 Å². The van der Waals surface area contributed by atoms with Gasteiger partial charge >= 0.3 is 5.69 Å². The van der Waals surface area contributed by atoms with E-state index >= 15 is 0 Å². The van der Waals surface area contributed by atoms with Crippen LogP contribution in [0.2, 0.25) is 4.34 Å². The zero-order chi connectivity index (χ0) is 29.3. The third-order valence-electron chi connectivity index (χ3n) is 6.04. The van der Waals surface area contributed by atoms with Crippen molar-refractivity contribution in [2.24, 2.45) is 0 Å². The predicted molar refractivity (Wildman–Crippen MR) is 154 cm³/mol. The van der Waals surface area contributed by atoms with Gasteiger partial charge in [0, 0.05) is 18.3 Å². The Labute approximate surface area is 241 Å². The fourth-order valence-electron chi connectivity index (χ4n) is 4.04. The Kier molecular flexibility index (Phi) is 7.67. The molecule has 0 aliphatic rings. The number of methoxy groups -OCH3 is 1. The molecular weight excluding hydrogens is 595 g/mol. The van der Waals surface area contributed by atoms with Crippen LogP contribution in [-0.4, -0.2) is 31.0 Å². The van der Waals surface area contributed by atoms with Gasteiger partial charge in [0.15, 0.2) is 0 Å². The summed E-state index contributed by atoms with van der Waals surface area (Å²) in [5.41, 5.74) is 0.367. The van der Waals surface area contributed by atoms with Crippen molar-refractivity contribution >= 4 is 55.5 Å². The minimum atomic E-state index is -4.19. The summed E-state index contributed by atoms with van der Waals surface area (Å²) in [5.74, 6) is -1.37. The number of nitrogens with one attached hydrogen (secondary N) is 3. The molecule has 0 aliphatic carbocycles. The van der Waals surface area contributed by atoms with Crippen molar-refractivity contribution in [3.05, 3.63) is 115 Å². The lowest BCUT2D eigenvalue weighted by Crippen LogP contribution is -2.34. The predicted octanol–water partition coefficient (Wildman–Crippen LogP) is 4.27. The van der Waals surface area contributed by atoms with Crippen LogP contribution in [0.5, 0.6) is 5.75 Å². The van der Waals surface area contributed by atoms with Crippen LogP contribution in [0.1, 0.15) is 15.9 Å². The van der Waals surface area contributed by atoms with Gasteiger partial charge in [0.25, 0.3) is 21.5 Å². The summed E-state index contributed by atoms with van der Waals surface area (Å²) >= 11 is 6.59. The molecule has 0 saturated heterocycles. The fraction of sp³-hybridized carbons (Fsp3) is 0.0741. The van der Waals surface area contributed by atoms with E-state index in [2.05, 4.69) is 10.3 Å². The smallest absolute Gasteiger partial charge is 0.333 e. The van der Waals surface area contributed by atoms with E-state index < -0.39 is 27.2 Å². The molecule has 0 radical (unpaired) electrons. The molecule has 210 valence electrons. The normalized spacial score (nSPS) is 11.4. The van der Waals surface area contributed by atoms with E-state index in [9.17, 15) is 27.2 Å². The Morgan fingerprint density at radius 3 is 2.49 bits per heavy atom. The minimum Gasteiger partial charge on any atom is -0.496 e. The second-order valence-electron chi connectivity index (χ2n) is 8.69. The van der Waals surface area contributed by atoms with Crippen molar-refractivity contribution < 1.29 is 22.3 Å². The van der Waals surface area contributed by atoms with Crippen LogP contribution < -0.4 is 26.0 Å². The first kappa shape index (κ1) is 28.1. The topological polar surface area (TPSA) is 139 Å². The maximum atomic E-state index is 13.3. The van der Waals surface area contributed by atoms with E-state index in [4.69, 9.17) is 16.3 Å². The number of halogens is 2. The number of fused-ring (bicyclic) bond motifs is 1. The second-order valence-corrected chi connectivity index (χ2v) is 12.3. The summed E-state index contributed by atoms with van der Waals surface area (Å²) in [5, 5.41) is 3.38.